The van der Waals surface area contributed by atoms with Gasteiger partial charge in [0.25, 0.3) is 0 Å². The highest BCUT2D eigenvalue weighted by Gasteiger charge is 2.49. The molecule has 1 aliphatic rings. The van der Waals surface area contributed by atoms with E-state index in [0.29, 0.717) is 13.1 Å². The lowest BCUT2D eigenvalue weighted by molar-refractivity contribution is -0.0570. The molecule has 1 heterocycles. The van der Waals surface area contributed by atoms with Gasteiger partial charge in [-0.05, 0) is 12.0 Å². The van der Waals surface area contributed by atoms with E-state index in [4.69, 9.17) is 0 Å². The summed E-state index contributed by atoms with van der Waals surface area (Å²) in [6, 6.07) is 9.41. The summed E-state index contributed by atoms with van der Waals surface area (Å²) < 4.78 is 62.7. The molecule has 0 amide bonds. The molecule has 112 valence electrons. The zero-order valence-corrected chi connectivity index (χ0v) is 11.3. The second kappa shape index (κ2) is 5.71. The second-order valence-electron chi connectivity index (χ2n) is 4.63. The molecule has 1 unspecified atom stereocenters. The number of hydrogen-bond donors (Lipinski definition) is 0. The van der Waals surface area contributed by atoms with Crippen molar-refractivity contribution in [3.8, 4) is 0 Å². The Morgan fingerprint density at radius 2 is 1.90 bits per heavy atom. The van der Waals surface area contributed by atoms with Crippen LogP contribution in [0, 0.1) is 0 Å². The van der Waals surface area contributed by atoms with Crippen LogP contribution in [-0.2, 0) is 20.8 Å². The summed E-state index contributed by atoms with van der Waals surface area (Å²) in [5.41, 5.74) is -4.34. The molecule has 4 nitrogen and oxygen atoms in total. The Bertz CT molecular complexity index is 545. The van der Waals surface area contributed by atoms with Gasteiger partial charge < -0.3 is 0 Å². The molecule has 1 aromatic carbocycles. The maximum atomic E-state index is 12.2. The van der Waals surface area contributed by atoms with Gasteiger partial charge in [-0.1, -0.05) is 30.3 Å². The Balaban J connectivity index is 1.90. The first-order chi connectivity index (χ1) is 9.28. The second-order valence-corrected chi connectivity index (χ2v) is 6.19. The Hall–Kier alpha value is -1.12. The molecule has 1 saturated heterocycles. The Labute approximate surface area is 115 Å². The normalized spacial score (nSPS) is 21.2. The van der Waals surface area contributed by atoms with Gasteiger partial charge in [0.1, 0.15) is 0 Å². The monoisotopic (exact) mass is 309 g/mol. The fraction of sp³-hybridized carbons (Fsp3) is 0.500. The van der Waals surface area contributed by atoms with Gasteiger partial charge >= 0.3 is 15.6 Å². The number of alkyl halides is 3. The quantitative estimate of drug-likeness (QED) is 0.631. The number of halogens is 3. The van der Waals surface area contributed by atoms with Crippen LogP contribution in [0.1, 0.15) is 12.0 Å². The topological polar surface area (TPSA) is 46.6 Å². The molecular formula is C12H14F3NO3S. The molecule has 0 N–H and O–H groups in total. The third-order valence-electron chi connectivity index (χ3n) is 3.02. The molecule has 1 aromatic rings. The number of nitrogens with zero attached hydrogens (tertiary/aromatic N) is 1. The Kier molecular flexibility index (Phi) is 4.36. The molecule has 0 radical (unpaired) electrons. The molecular weight excluding hydrogens is 295 g/mol. The summed E-state index contributed by atoms with van der Waals surface area (Å²) in [5.74, 6) is 0. The van der Waals surface area contributed by atoms with Crippen LogP contribution in [0.25, 0.3) is 0 Å². The van der Waals surface area contributed by atoms with E-state index in [1.165, 1.54) is 0 Å². The highest BCUT2D eigenvalue weighted by atomic mass is 32.2. The molecule has 1 aliphatic heterocycles. The first-order valence-corrected chi connectivity index (χ1v) is 7.44. The van der Waals surface area contributed by atoms with Crippen LogP contribution in [-0.4, -0.2) is 38.0 Å². The van der Waals surface area contributed by atoms with E-state index in [0.717, 1.165) is 5.56 Å². The van der Waals surface area contributed by atoms with E-state index in [1.807, 2.05) is 35.2 Å². The van der Waals surface area contributed by atoms with Gasteiger partial charge in [-0.15, -0.1) is 0 Å². The van der Waals surface area contributed by atoms with Gasteiger partial charge in [0.15, 0.2) is 0 Å². The summed E-state index contributed by atoms with van der Waals surface area (Å²) >= 11 is 0. The number of likely N-dealkylation sites (tertiary alicyclic amines) is 1. The largest absolute Gasteiger partial charge is 0.523 e. The molecule has 0 spiro atoms. The molecule has 1 atom stereocenters. The SMILES string of the molecule is O=S(=O)(OC1CCN(Cc2ccccc2)C1)C(F)(F)F. The average Bonchev–Trinajstić information content (AvgIpc) is 2.75. The fourth-order valence-corrected chi connectivity index (χ4v) is 2.72. The van der Waals surface area contributed by atoms with Crippen LogP contribution in [0.4, 0.5) is 13.2 Å². The highest BCUT2D eigenvalue weighted by molar-refractivity contribution is 7.87. The average molecular weight is 309 g/mol. The van der Waals surface area contributed by atoms with Crippen molar-refractivity contribution in [1.29, 1.82) is 0 Å². The summed E-state index contributed by atoms with van der Waals surface area (Å²) in [4.78, 5) is 1.87. The molecule has 0 aliphatic carbocycles. The first-order valence-electron chi connectivity index (χ1n) is 6.04. The maximum absolute atomic E-state index is 12.2. The van der Waals surface area contributed by atoms with Crippen LogP contribution in [0.15, 0.2) is 30.3 Å². The van der Waals surface area contributed by atoms with E-state index in [9.17, 15) is 21.6 Å². The zero-order chi connectivity index (χ0) is 14.8. The lowest BCUT2D eigenvalue weighted by atomic mass is 10.2. The molecule has 0 saturated carbocycles. The summed E-state index contributed by atoms with van der Waals surface area (Å²) in [6.07, 6.45) is -0.673. The van der Waals surface area contributed by atoms with Crippen molar-refractivity contribution in [3.05, 3.63) is 35.9 Å². The molecule has 0 bridgehead atoms. The third kappa shape index (κ3) is 3.71. The molecule has 2 rings (SSSR count). The van der Waals surface area contributed by atoms with Crippen molar-refractivity contribution in [3.63, 3.8) is 0 Å². The van der Waals surface area contributed by atoms with Gasteiger partial charge in [0.05, 0.1) is 6.10 Å². The van der Waals surface area contributed by atoms with Crippen LogP contribution in [0.2, 0.25) is 0 Å². The minimum Gasteiger partial charge on any atom is -0.296 e. The highest BCUT2D eigenvalue weighted by Crippen LogP contribution is 2.28. The number of rotatable bonds is 4. The zero-order valence-electron chi connectivity index (χ0n) is 10.5. The minimum absolute atomic E-state index is 0.171. The van der Waals surface area contributed by atoms with E-state index in [1.54, 1.807) is 0 Å². The Morgan fingerprint density at radius 1 is 1.25 bits per heavy atom. The van der Waals surface area contributed by atoms with E-state index in [-0.39, 0.29) is 13.0 Å². The van der Waals surface area contributed by atoms with Gasteiger partial charge in [0.2, 0.25) is 0 Å². The van der Waals surface area contributed by atoms with Crippen LogP contribution in [0.5, 0.6) is 0 Å². The van der Waals surface area contributed by atoms with E-state index in [2.05, 4.69) is 4.18 Å². The first kappa shape index (κ1) is 15.3. The molecule has 1 fully saturated rings. The van der Waals surface area contributed by atoms with Gasteiger partial charge in [-0.2, -0.15) is 21.6 Å². The van der Waals surface area contributed by atoms with Crippen LogP contribution >= 0.6 is 0 Å². The van der Waals surface area contributed by atoms with Gasteiger partial charge in [-0.25, -0.2) is 0 Å². The lowest BCUT2D eigenvalue weighted by Crippen LogP contribution is -2.31. The number of hydrogen-bond acceptors (Lipinski definition) is 4. The summed E-state index contributed by atoms with van der Waals surface area (Å²) in [6.45, 7) is 1.24. The molecule has 8 heteroatoms. The molecule has 0 aromatic heterocycles. The van der Waals surface area contributed by atoms with Crippen molar-refractivity contribution in [1.82, 2.24) is 4.90 Å². The third-order valence-corrected chi connectivity index (χ3v) is 4.12. The van der Waals surface area contributed by atoms with Crippen LogP contribution in [0.3, 0.4) is 0 Å². The van der Waals surface area contributed by atoms with Crippen molar-refractivity contribution in [2.45, 2.75) is 24.6 Å². The van der Waals surface area contributed by atoms with Crippen molar-refractivity contribution in [2.24, 2.45) is 0 Å². The predicted molar refractivity (Wildman–Crippen MR) is 66.2 cm³/mol. The predicted octanol–water partition coefficient (Wildman–Crippen LogP) is 2.13. The van der Waals surface area contributed by atoms with Gasteiger partial charge in [0, 0.05) is 19.6 Å². The van der Waals surface area contributed by atoms with Crippen molar-refractivity contribution in [2.75, 3.05) is 13.1 Å². The minimum atomic E-state index is -5.50. The Morgan fingerprint density at radius 3 is 2.50 bits per heavy atom. The van der Waals surface area contributed by atoms with Crippen molar-refractivity contribution < 1.29 is 25.8 Å². The maximum Gasteiger partial charge on any atom is 0.523 e. The number of benzene rings is 1. The standard InChI is InChI=1S/C12H14F3NO3S/c13-12(14,15)20(17,18)19-11-6-7-16(9-11)8-10-4-2-1-3-5-10/h1-5,11H,6-9H2. The fourth-order valence-electron chi connectivity index (χ4n) is 2.09. The van der Waals surface area contributed by atoms with E-state index < -0.39 is 21.7 Å². The van der Waals surface area contributed by atoms with Gasteiger partial charge in [-0.3, -0.25) is 9.08 Å². The summed E-state index contributed by atoms with van der Waals surface area (Å²) in [7, 11) is -5.50. The van der Waals surface area contributed by atoms with Crippen molar-refractivity contribution >= 4 is 10.1 Å². The smallest absolute Gasteiger partial charge is 0.296 e. The van der Waals surface area contributed by atoms with Crippen LogP contribution < -0.4 is 0 Å². The lowest BCUT2D eigenvalue weighted by Gasteiger charge is -2.16. The molecule has 20 heavy (non-hydrogen) atoms. The summed E-state index contributed by atoms with van der Waals surface area (Å²) in [5, 5.41) is 0. The van der Waals surface area contributed by atoms with E-state index >= 15 is 0 Å².